The predicted octanol–water partition coefficient (Wildman–Crippen LogP) is 4.20. The molecule has 9 heteroatoms. The van der Waals surface area contributed by atoms with Gasteiger partial charge in [-0.05, 0) is 54.4 Å². The molecule has 1 amide bonds. The van der Waals surface area contributed by atoms with Gasteiger partial charge in [0, 0.05) is 43.4 Å². The SMILES string of the molecule is COc1ccc(S(=O)(=O)N(CC(=O)N2CCN(c3cc(Cl)ccc3C)CC2)Cc2ccccc2)cc1. The number of rotatable bonds is 8. The van der Waals surface area contributed by atoms with Crippen molar-refractivity contribution in [3.05, 3.63) is 88.9 Å². The van der Waals surface area contributed by atoms with Crippen LogP contribution in [0.3, 0.4) is 0 Å². The molecule has 1 aliphatic rings. The number of nitrogens with zero attached hydrogens (tertiary/aromatic N) is 3. The van der Waals surface area contributed by atoms with E-state index in [9.17, 15) is 13.2 Å². The summed E-state index contributed by atoms with van der Waals surface area (Å²) in [6.07, 6.45) is 0. The number of methoxy groups -OCH3 is 1. The van der Waals surface area contributed by atoms with Gasteiger partial charge in [0.05, 0.1) is 18.6 Å². The molecule has 0 atom stereocenters. The van der Waals surface area contributed by atoms with Crippen LogP contribution in [-0.4, -0.2) is 63.4 Å². The van der Waals surface area contributed by atoms with Crippen LogP contribution in [0.4, 0.5) is 5.69 Å². The van der Waals surface area contributed by atoms with Gasteiger partial charge in [-0.2, -0.15) is 4.31 Å². The third-order valence-electron chi connectivity index (χ3n) is 6.35. The number of amides is 1. The molecule has 0 saturated carbocycles. The maximum absolute atomic E-state index is 13.6. The Kier molecular flexibility index (Phi) is 8.18. The monoisotopic (exact) mass is 527 g/mol. The van der Waals surface area contributed by atoms with E-state index in [2.05, 4.69) is 4.90 Å². The summed E-state index contributed by atoms with van der Waals surface area (Å²) in [5.41, 5.74) is 2.99. The highest BCUT2D eigenvalue weighted by Crippen LogP contribution is 2.26. The van der Waals surface area contributed by atoms with E-state index in [1.54, 1.807) is 17.0 Å². The van der Waals surface area contributed by atoms with Gasteiger partial charge in [-0.25, -0.2) is 8.42 Å². The number of hydrogen-bond acceptors (Lipinski definition) is 5. The molecule has 3 aromatic rings. The Morgan fingerprint density at radius 3 is 2.28 bits per heavy atom. The van der Waals surface area contributed by atoms with Crippen molar-refractivity contribution in [2.75, 3.05) is 44.7 Å². The van der Waals surface area contributed by atoms with Crippen LogP contribution in [0.2, 0.25) is 5.02 Å². The molecule has 1 aliphatic heterocycles. The highest BCUT2D eigenvalue weighted by molar-refractivity contribution is 7.89. The van der Waals surface area contributed by atoms with Crippen molar-refractivity contribution < 1.29 is 17.9 Å². The average Bonchev–Trinajstić information content (AvgIpc) is 2.90. The molecule has 0 radical (unpaired) electrons. The first-order chi connectivity index (χ1) is 17.3. The zero-order valence-corrected chi connectivity index (χ0v) is 22.0. The summed E-state index contributed by atoms with van der Waals surface area (Å²) >= 11 is 6.19. The number of carbonyl (C=O) groups is 1. The molecule has 4 rings (SSSR count). The van der Waals surface area contributed by atoms with Crippen LogP contribution in [0.5, 0.6) is 5.75 Å². The molecule has 0 spiro atoms. The van der Waals surface area contributed by atoms with Gasteiger partial charge in [0.1, 0.15) is 5.75 Å². The third kappa shape index (κ3) is 6.00. The van der Waals surface area contributed by atoms with Crippen molar-refractivity contribution in [1.29, 1.82) is 0 Å². The lowest BCUT2D eigenvalue weighted by molar-refractivity contribution is -0.131. The minimum atomic E-state index is -3.92. The fraction of sp³-hybridized carbons (Fsp3) is 0.296. The van der Waals surface area contributed by atoms with Crippen molar-refractivity contribution in [1.82, 2.24) is 9.21 Å². The van der Waals surface area contributed by atoms with Crippen LogP contribution in [0, 0.1) is 6.92 Å². The molecule has 7 nitrogen and oxygen atoms in total. The van der Waals surface area contributed by atoms with Gasteiger partial charge in [0.25, 0.3) is 0 Å². The molecule has 0 unspecified atom stereocenters. The number of benzene rings is 3. The topological polar surface area (TPSA) is 70.2 Å². The Morgan fingerprint density at radius 2 is 1.64 bits per heavy atom. The van der Waals surface area contributed by atoms with Gasteiger partial charge in [0.15, 0.2) is 0 Å². The lowest BCUT2D eigenvalue weighted by Crippen LogP contribution is -2.51. The van der Waals surface area contributed by atoms with Crippen molar-refractivity contribution in [2.45, 2.75) is 18.4 Å². The van der Waals surface area contributed by atoms with Crippen molar-refractivity contribution in [3.8, 4) is 5.75 Å². The summed E-state index contributed by atoms with van der Waals surface area (Å²) in [4.78, 5) is 17.4. The van der Waals surface area contributed by atoms with E-state index in [1.807, 2.05) is 55.5 Å². The number of carbonyl (C=O) groups excluding carboxylic acids is 1. The zero-order valence-electron chi connectivity index (χ0n) is 20.4. The summed E-state index contributed by atoms with van der Waals surface area (Å²) in [5, 5.41) is 0.675. The highest BCUT2D eigenvalue weighted by atomic mass is 35.5. The van der Waals surface area contributed by atoms with Crippen LogP contribution in [0.1, 0.15) is 11.1 Å². The molecule has 1 heterocycles. The number of anilines is 1. The van der Waals surface area contributed by atoms with Gasteiger partial charge in [-0.1, -0.05) is 48.0 Å². The highest BCUT2D eigenvalue weighted by Gasteiger charge is 2.30. The van der Waals surface area contributed by atoms with Crippen LogP contribution in [-0.2, 0) is 21.4 Å². The fourth-order valence-corrected chi connectivity index (χ4v) is 5.82. The van der Waals surface area contributed by atoms with Crippen molar-refractivity contribution in [2.24, 2.45) is 0 Å². The van der Waals surface area contributed by atoms with E-state index in [4.69, 9.17) is 16.3 Å². The molecule has 1 fully saturated rings. The minimum absolute atomic E-state index is 0.0998. The van der Waals surface area contributed by atoms with E-state index in [1.165, 1.54) is 23.5 Å². The smallest absolute Gasteiger partial charge is 0.243 e. The first-order valence-corrected chi connectivity index (χ1v) is 13.6. The normalized spacial score (nSPS) is 14.2. The lowest BCUT2D eigenvalue weighted by Gasteiger charge is -2.37. The number of ether oxygens (including phenoxy) is 1. The number of halogens is 1. The zero-order chi connectivity index (χ0) is 25.7. The van der Waals surface area contributed by atoms with Gasteiger partial charge in [-0.15, -0.1) is 0 Å². The fourth-order valence-electron chi connectivity index (χ4n) is 4.28. The Bertz CT molecular complexity index is 1290. The van der Waals surface area contributed by atoms with E-state index in [-0.39, 0.29) is 23.9 Å². The minimum Gasteiger partial charge on any atom is -0.497 e. The first kappa shape index (κ1) is 26.0. The second kappa shape index (κ2) is 11.3. The molecule has 0 aliphatic carbocycles. The van der Waals surface area contributed by atoms with Crippen molar-refractivity contribution in [3.63, 3.8) is 0 Å². The summed E-state index contributed by atoms with van der Waals surface area (Å²) in [5.74, 6) is 0.345. The Hall–Kier alpha value is -3.07. The first-order valence-electron chi connectivity index (χ1n) is 11.7. The van der Waals surface area contributed by atoms with Crippen LogP contribution < -0.4 is 9.64 Å². The molecular weight excluding hydrogens is 498 g/mol. The molecule has 0 N–H and O–H groups in total. The third-order valence-corrected chi connectivity index (χ3v) is 8.40. The summed E-state index contributed by atoms with van der Waals surface area (Å²) in [7, 11) is -2.39. The van der Waals surface area contributed by atoms with E-state index >= 15 is 0 Å². The van der Waals surface area contributed by atoms with Gasteiger partial charge >= 0.3 is 0 Å². The molecule has 190 valence electrons. The van der Waals surface area contributed by atoms with Crippen LogP contribution in [0.15, 0.2) is 77.7 Å². The molecule has 3 aromatic carbocycles. The molecule has 0 aromatic heterocycles. The molecule has 36 heavy (non-hydrogen) atoms. The van der Waals surface area contributed by atoms with Gasteiger partial charge in [0.2, 0.25) is 15.9 Å². The van der Waals surface area contributed by atoms with E-state index in [0.717, 1.165) is 16.8 Å². The Balaban J connectivity index is 1.49. The Morgan fingerprint density at radius 1 is 0.972 bits per heavy atom. The average molecular weight is 528 g/mol. The van der Waals surface area contributed by atoms with E-state index < -0.39 is 10.0 Å². The standard InChI is InChI=1S/C27H30ClN3O4S/c1-21-8-9-23(28)18-26(21)29-14-16-30(17-15-29)27(32)20-31(19-22-6-4-3-5-7-22)36(33,34)25-12-10-24(35-2)11-13-25/h3-13,18H,14-17,19-20H2,1-2H3. The number of sulfonamides is 1. The lowest BCUT2D eigenvalue weighted by atomic mass is 10.1. The van der Waals surface area contributed by atoms with Crippen LogP contribution in [0.25, 0.3) is 0 Å². The largest absolute Gasteiger partial charge is 0.497 e. The predicted molar refractivity (Wildman–Crippen MR) is 142 cm³/mol. The Labute approximate surface area is 217 Å². The van der Waals surface area contributed by atoms with Gasteiger partial charge in [-0.3, -0.25) is 4.79 Å². The number of piperazine rings is 1. The molecule has 0 bridgehead atoms. The summed E-state index contributed by atoms with van der Waals surface area (Å²) in [6, 6.07) is 21.3. The molecule has 1 saturated heterocycles. The molecular formula is C27H30ClN3O4S. The maximum Gasteiger partial charge on any atom is 0.243 e. The number of aryl methyl sites for hydroxylation is 1. The second-order valence-electron chi connectivity index (χ2n) is 8.73. The maximum atomic E-state index is 13.6. The van der Waals surface area contributed by atoms with Crippen LogP contribution >= 0.6 is 11.6 Å². The number of hydrogen-bond donors (Lipinski definition) is 0. The summed E-state index contributed by atoms with van der Waals surface area (Å²) < 4.78 is 33.5. The van der Waals surface area contributed by atoms with Gasteiger partial charge < -0.3 is 14.5 Å². The quantitative estimate of drug-likeness (QED) is 0.439. The van der Waals surface area contributed by atoms with E-state index in [0.29, 0.717) is 37.0 Å². The second-order valence-corrected chi connectivity index (χ2v) is 11.1. The summed E-state index contributed by atoms with van der Waals surface area (Å²) in [6.45, 7) is 4.21. The van der Waals surface area contributed by atoms with Crippen molar-refractivity contribution >= 4 is 33.2 Å².